The lowest BCUT2D eigenvalue weighted by molar-refractivity contribution is 0.441. The van der Waals surface area contributed by atoms with Gasteiger partial charge in [-0.15, -0.1) is 0 Å². The van der Waals surface area contributed by atoms with E-state index in [9.17, 15) is 0 Å². The minimum atomic E-state index is 1.03. The first-order chi connectivity index (χ1) is 9.40. The van der Waals surface area contributed by atoms with E-state index in [-0.39, 0.29) is 0 Å². The van der Waals surface area contributed by atoms with Gasteiger partial charge >= 0.3 is 0 Å². The van der Waals surface area contributed by atoms with Crippen molar-refractivity contribution in [3.05, 3.63) is 5.92 Å². The fourth-order valence-corrected chi connectivity index (χ4v) is 4.39. The molecule has 0 aromatic heterocycles. The lowest BCUT2D eigenvalue weighted by Crippen LogP contribution is -2.06. The van der Waals surface area contributed by atoms with Crippen LogP contribution in [0.3, 0.4) is 0 Å². The monoisotopic (exact) mass is 263 g/mol. The van der Waals surface area contributed by atoms with Gasteiger partial charge in [-0.1, -0.05) is 77.6 Å². The molecule has 0 bridgehead atoms. The van der Waals surface area contributed by atoms with Gasteiger partial charge in [0.05, 0.1) is 0 Å². The Labute approximate surface area is 121 Å². The Kier molecular flexibility index (Phi) is 7.32. The number of hydrogen-bond acceptors (Lipinski definition) is 0. The van der Waals surface area contributed by atoms with Crippen molar-refractivity contribution in [2.45, 2.75) is 103 Å². The molecule has 0 aromatic rings. The lowest BCUT2D eigenvalue weighted by Gasteiger charge is -2.19. The van der Waals surface area contributed by atoms with Gasteiger partial charge in [0.25, 0.3) is 0 Å². The zero-order valence-corrected chi connectivity index (χ0v) is 13.3. The van der Waals surface area contributed by atoms with Crippen LogP contribution in [0.4, 0.5) is 0 Å². The van der Waals surface area contributed by atoms with Gasteiger partial charge in [0.2, 0.25) is 0 Å². The third-order valence-electron chi connectivity index (χ3n) is 5.62. The highest BCUT2D eigenvalue weighted by Crippen LogP contribution is 2.40. The largest absolute Gasteiger partial charge is 0.0654 e. The summed E-state index contributed by atoms with van der Waals surface area (Å²) in [4.78, 5) is 0. The van der Waals surface area contributed by atoms with Crippen LogP contribution in [0.2, 0.25) is 0 Å². The van der Waals surface area contributed by atoms with Gasteiger partial charge in [0.1, 0.15) is 0 Å². The van der Waals surface area contributed by atoms with Crippen LogP contribution in [0.5, 0.6) is 0 Å². The van der Waals surface area contributed by atoms with E-state index in [2.05, 4.69) is 6.92 Å². The summed E-state index contributed by atoms with van der Waals surface area (Å²) >= 11 is 0. The zero-order valence-electron chi connectivity index (χ0n) is 13.3. The van der Waals surface area contributed by atoms with Gasteiger partial charge in [0, 0.05) is 0 Å². The Morgan fingerprint density at radius 2 is 1.63 bits per heavy atom. The van der Waals surface area contributed by atoms with Crippen molar-refractivity contribution in [2.75, 3.05) is 0 Å². The molecule has 2 aliphatic rings. The van der Waals surface area contributed by atoms with Crippen molar-refractivity contribution in [2.24, 2.45) is 11.8 Å². The average Bonchev–Trinajstić information content (AvgIpc) is 3.06. The van der Waals surface area contributed by atoms with Gasteiger partial charge in [-0.25, -0.2) is 0 Å². The molecule has 0 heterocycles. The Bertz CT molecular complexity index is 214. The third-order valence-corrected chi connectivity index (χ3v) is 5.62. The van der Waals surface area contributed by atoms with E-state index in [1.165, 1.54) is 96.3 Å². The second kappa shape index (κ2) is 9.03. The number of unbranched alkanes of at least 4 members (excludes halogenated alkanes) is 3. The van der Waals surface area contributed by atoms with Crippen LogP contribution in [-0.2, 0) is 0 Å². The fraction of sp³-hybridized carbons (Fsp3) is 0.947. The second-order valence-corrected chi connectivity index (χ2v) is 7.14. The maximum absolute atomic E-state index is 2.32. The van der Waals surface area contributed by atoms with Crippen LogP contribution >= 0.6 is 0 Å². The first kappa shape index (κ1) is 15.4. The van der Waals surface area contributed by atoms with Gasteiger partial charge < -0.3 is 0 Å². The van der Waals surface area contributed by atoms with Gasteiger partial charge in [-0.2, -0.15) is 0 Å². The molecular weight excluding hydrogens is 228 g/mol. The van der Waals surface area contributed by atoms with Crippen molar-refractivity contribution < 1.29 is 0 Å². The van der Waals surface area contributed by atoms with Crippen LogP contribution in [-0.4, -0.2) is 0 Å². The molecule has 0 spiro atoms. The Morgan fingerprint density at radius 1 is 0.842 bits per heavy atom. The SMILES string of the molecule is CCCCCC1CCC[C]1CCCCC1CCCC1. The van der Waals surface area contributed by atoms with E-state index in [1.807, 2.05) is 5.92 Å². The predicted octanol–water partition coefficient (Wildman–Crippen LogP) is 6.69. The average molecular weight is 263 g/mol. The van der Waals surface area contributed by atoms with E-state index >= 15 is 0 Å². The minimum absolute atomic E-state index is 1.03. The summed E-state index contributed by atoms with van der Waals surface area (Å²) < 4.78 is 0. The molecule has 0 aliphatic heterocycles. The molecule has 111 valence electrons. The molecule has 1 unspecified atom stereocenters. The van der Waals surface area contributed by atoms with Crippen molar-refractivity contribution in [3.8, 4) is 0 Å². The van der Waals surface area contributed by atoms with Gasteiger partial charge in [-0.05, 0) is 43.4 Å². The van der Waals surface area contributed by atoms with Crippen molar-refractivity contribution in [3.63, 3.8) is 0 Å². The van der Waals surface area contributed by atoms with Crippen molar-refractivity contribution in [1.29, 1.82) is 0 Å². The first-order valence-corrected chi connectivity index (χ1v) is 9.24. The molecule has 0 saturated heterocycles. The molecule has 1 atom stereocenters. The topological polar surface area (TPSA) is 0 Å². The molecular formula is C19H35. The zero-order chi connectivity index (χ0) is 13.3. The summed E-state index contributed by atoms with van der Waals surface area (Å²) in [6.07, 6.45) is 22.4. The summed E-state index contributed by atoms with van der Waals surface area (Å²) in [6, 6.07) is 0. The molecule has 0 nitrogen and oxygen atoms in total. The molecule has 0 heteroatoms. The van der Waals surface area contributed by atoms with Crippen molar-refractivity contribution >= 4 is 0 Å². The second-order valence-electron chi connectivity index (χ2n) is 7.14. The predicted molar refractivity (Wildman–Crippen MR) is 85.2 cm³/mol. The Morgan fingerprint density at radius 3 is 2.42 bits per heavy atom. The smallest absolute Gasteiger partial charge is 0.0210 e. The normalized spacial score (nSPS) is 25.4. The van der Waals surface area contributed by atoms with E-state index < -0.39 is 0 Å². The summed E-state index contributed by atoms with van der Waals surface area (Å²) in [6.45, 7) is 2.32. The summed E-state index contributed by atoms with van der Waals surface area (Å²) in [5.41, 5.74) is 0. The quantitative estimate of drug-likeness (QED) is 0.406. The molecule has 0 N–H and O–H groups in total. The molecule has 0 amide bonds. The summed E-state index contributed by atoms with van der Waals surface area (Å²) in [7, 11) is 0. The summed E-state index contributed by atoms with van der Waals surface area (Å²) in [5, 5.41) is 0. The highest BCUT2D eigenvalue weighted by molar-refractivity contribution is 5.01. The highest BCUT2D eigenvalue weighted by atomic mass is 14.3. The highest BCUT2D eigenvalue weighted by Gasteiger charge is 2.26. The van der Waals surface area contributed by atoms with E-state index in [0.29, 0.717) is 0 Å². The van der Waals surface area contributed by atoms with E-state index in [0.717, 1.165) is 11.8 Å². The van der Waals surface area contributed by atoms with Crippen LogP contribution in [0.15, 0.2) is 0 Å². The molecule has 2 rings (SSSR count). The molecule has 2 saturated carbocycles. The maximum Gasteiger partial charge on any atom is -0.0210 e. The molecule has 2 fully saturated rings. The van der Waals surface area contributed by atoms with Crippen LogP contribution in [0, 0.1) is 17.8 Å². The molecule has 19 heavy (non-hydrogen) atoms. The fourth-order valence-electron chi connectivity index (χ4n) is 4.39. The molecule has 1 radical (unpaired) electrons. The first-order valence-electron chi connectivity index (χ1n) is 9.24. The van der Waals surface area contributed by atoms with Crippen LogP contribution in [0.1, 0.15) is 103 Å². The lowest BCUT2D eigenvalue weighted by atomic mass is 9.86. The third kappa shape index (κ3) is 5.48. The van der Waals surface area contributed by atoms with Crippen LogP contribution in [0.25, 0.3) is 0 Å². The number of rotatable bonds is 9. The van der Waals surface area contributed by atoms with E-state index in [4.69, 9.17) is 0 Å². The van der Waals surface area contributed by atoms with Gasteiger partial charge in [0.15, 0.2) is 0 Å². The molecule has 2 aliphatic carbocycles. The summed E-state index contributed by atoms with van der Waals surface area (Å²) in [5.74, 6) is 4.09. The van der Waals surface area contributed by atoms with E-state index in [1.54, 1.807) is 0 Å². The standard InChI is InChI=1S/C19H35/c1-2-3-4-13-18-15-9-16-19(18)14-8-7-12-17-10-5-6-11-17/h17-18H,2-16H2,1H3. The maximum atomic E-state index is 2.32. The minimum Gasteiger partial charge on any atom is -0.0654 e. The van der Waals surface area contributed by atoms with Crippen molar-refractivity contribution in [1.82, 2.24) is 0 Å². The van der Waals surface area contributed by atoms with Crippen LogP contribution < -0.4 is 0 Å². The Balaban J connectivity index is 1.53. The van der Waals surface area contributed by atoms with Gasteiger partial charge in [-0.3, -0.25) is 0 Å². The molecule has 0 aromatic carbocycles. The Hall–Kier alpha value is 0. The number of hydrogen-bond donors (Lipinski definition) is 0.